The van der Waals surface area contributed by atoms with Crippen LogP contribution in [0.4, 0.5) is 11.5 Å². The normalized spacial score (nSPS) is 10.7. The Morgan fingerprint density at radius 2 is 1.96 bits per heavy atom. The molecule has 0 fully saturated rings. The van der Waals surface area contributed by atoms with Crippen molar-refractivity contribution in [2.24, 2.45) is 0 Å². The second kappa shape index (κ2) is 7.98. The molecule has 0 aliphatic carbocycles. The van der Waals surface area contributed by atoms with Gasteiger partial charge in [0, 0.05) is 34.8 Å². The molecule has 3 aromatic rings. The van der Waals surface area contributed by atoms with E-state index in [0.717, 1.165) is 17.1 Å². The molecule has 0 saturated heterocycles. The highest BCUT2D eigenvalue weighted by Gasteiger charge is 2.10. The Morgan fingerprint density at radius 3 is 2.58 bits per heavy atom. The maximum Gasteiger partial charge on any atom is 0.269 e. The van der Waals surface area contributed by atoms with E-state index in [9.17, 15) is 10.1 Å². The number of aromatic nitrogens is 3. The van der Waals surface area contributed by atoms with Crippen LogP contribution >= 0.6 is 11.3 Å². The Kier molecular flexibility index (Phi) is 5.49. The summed E-state index contributed by atoms with van der Waals surface area (Å²) in [7, 11) is 0. The summed E-state index contributed by atoms with van der Waals surface area (Å²) >= 11 is 1.47. The standard InChI is InChI=1S/C17H17N5O3S/c1-2-12-7-15(18-8-16-19-13(9-23)10-26-16)21-17(20-12)11-3-5-14(6-4-11)22(24)25/h3-7,10,23H,2,8-9H2,1H3,(H,18,20,21). The second-order valence-electron chi connectivity index (χ2n) is 5.47. The third kappa shape index (κ3) is 4.19. The summed E-state index contributed by atoms with van der Waals surface area (Å²) in [5, 5.41) is 25.8. The molecule has 2 aromatic heterocycles. The number of anilines is 1. The molecule has 0 spiro atoms. The van der Waals surface area contributed by atoms with Crippen LogP contribution in [0.1, 0.15) is 23.3 Å². The first kappa shape index (κ1) is 17.9. The molecule has 2 N–H and O–H groups in total. The van der Waals surface area contributed by atoms with Gasteiger partial charge in [0.15, 0.2) is 5.82 Å². The molecule has 0 unspecified atom stereocenters. The molecule has 3 rings (SSSR count). The van der Waals surface area contributed by atoms with E-state index < -0.39 is 4.92 Å². The summed E-state index contributed by atoms with van der Waals surface area (Å²) in [5.74, 6) is 1.17. The van der Waals surface area contributed by atoms with Crippen LogP contribution in [0, 0.1) is 10.1 Å². The Bertz CT molecular complexity index is 911. The van der Waals surface area contributed by atoms with Crippen LogP contribution in [0.15, 0.2) is 35.7 Å². The predicted octanol–water partition coefficient (Wildman–Crippen LogP) is 3.18. The average molecular weight is 371 g/mol. The number of benzene rings is 1. The van der Waals surface area contributed by atoms with E-state index in [1.807, 2.05) is 18.4 Å². The zero-order valence-corrected chi connectivity index (χ0v) is 14.9. The number of thiazole rings is 1. The summed E-state index contributed by atoms with van der Waals surface area (Å²) in [5.41, 5.74) is 2.26. The number of rotatable bonds is 7. The largest absolute Gasteiger partial charge is 0.390 e. The topological polar surface area (TPSA) is 114 Å². The van der Waals surface area contributed by atoms with Gasteiger partial charge in [0.2, 0.25) is 0 Å². The van der Waals surface area contributed by atoms with Crippen LogP contribution < -0.4 is 5.32 Å². The van der Waals surface area contributed by atoms with Crippen LogP contribution in [0.25, 0.3) is 11.4 Å². The number of aliphatic hydroxyl groups is 1. The van der Waals surface area contributed by atoms with Crippen LogP contribution in [0.5, 0.6) is 0 Å². The lowest BCUT2D eigenvalue weighted by atomic mass is 10.2. The molecular weight excluding hydrogens is 354 g/mol. The molecule has 2 heterocycles. The second-order valence-corrected chi connectivity index (χ2v) is 6.41. The number of nitrogens with one attached hydrogen (secondary N) is 1. The van der Waals surface area contributed by atoms with Gasteiger partial charge in [-0.3, -0.25) is 10.1 Å². The van der Waals surface area contributed by atoms with E-state index in [4.69, 9.17) is 5.11 Å². The fourth-order valence-electron chi connectivity index (χ4n) is 2.30. The molecule has 0 aliphatic rings. The molecule has 0 bridgehead atoms. The lowest BCUT2D eigenvalue weighted by Gasteiger charge is -2.08. The van der Waals surface area contributed by atoms with Crippen molar-refractivity contribution in [3.05, 3.63) is 62.2 Å². The summed E-state index contributed by atoms with van der Waals surface area (Å²) < 4.78 is 0. The number of nitro benzene ring substituents is 1. The lowest BCUT2D eigenvalue weighted by Crippen LogP contribution is -2.05. The fourth-order valence-corrected chi connectivity index (χ4v) is 3.02. The quantitative estimate of drug-likeness (QED) is 0.484. The maximum absolute atomic E-state index is 10.8. The van der Waals surface area contributed by atoms with Crippen molar-refractivity contribution >= 4 is 22.8 Å². The highest BCUT2D eigenvalue weighted by molar-refractivity contribution is 7.09. The van der Waals surface area contributed by atoms with Crippen molar-refractivity contribution in [3.63, 3.8) is 0 Å². The van der Waals surface area contributed by atoms with E-state index >= 15 is 0 Å². The SMILES string of the molecule is CCc1cc(NCc2nc(CO)cs2)nc(-c2ccc([N+](=O)[O-])cc2)n1. The monoisotopic (exact) mass is 371 g/mol. The smallest absolute Gasteiger partial charge is 0.269 e. The molecule has 134 valence electrons. The van der Waals surface area contributed by atoms with Gasteiger partial charge in [-0.05, 0) is 18.6 Å². The number of nitro groups is 1. The Labute approximate surface area is 153 Å². The molecule has 0 amide bonds. The van der Waals surface area contributed by atoms with Gasteiger partial charge in [0.05, 0.1) is 23.8 Å². The molecule has 9 heteroatoms. The first-order valence-corrected chi connectivity index (χ1v) is 8.87. The molecule has 26 heavy (non-hydrogen) atoms. The van der Waals surface area contributed by atoms with Gasteiger partial charge < -0.3 is 10.4 Å². The lowest BCUT2D eigenvalue weighted by molar-refractivity contribution is -0.384. The zero-order chi connectivity index (χ0) is 18.5. The van der Waals surface area contributed by atoms with E-state index in [1.165, 1.54) is 23.5 Å². The number of hydrogen-bond acceptors (Lipinski definition) is 8. The van der Waals surface area contributed by atoms with Crippen molar-refractivity contribution in [2.45, 2.75) is 26.5 Å². The van der Waals surface area contributed by atoms with Gasteiger partial charge in [0.25, 0.3) is 5.69 Å². The van der Waals surface area contributed by atoms with Crippen molar-refractivity contribution in [2.75, 3.05) is 5.32 Å². The Balaban J connectivity index is 1.82. The van der Waals surface area contributed by atoms with Gasteiger partial charge in [-0.15, -0.1) is 11.3 Å². The molecule has 1 aromatic carbocycles. The van der Waals surface area contributed by atoms with Gasteiger partial charge in [-0.1, -0.05) is 6.92 Å². The molecule has 0 aliphatic heterocycles. The summed E-state index contributed by atoms with van der Waals surface area (Å²) in [6, 6.07) is 8.04. The van der Waals surface area contributed by atoms with Crippen molar-refractivity contribution < 1.29 is 10.0 Å². The Morgan fingerprint density at radius 1 is 1.19 bits per heavy atom. The fraction of sp³-hybridized carbons (Fsp3) is 0.235. The Hall–Kier alpha value is -2.91. The van der Waals surface area contributed by atoms with Gasteiger partial charge in [0.1, 0.15) is 10.8 Å². The minimum absolute atomic E-state index is 0.0298. The predicted molar refractivity (Wildman–Crippen MR) is 98.9 cm³/mol. The van der Waals surface area contributed by atoms with E-state index in [2.05, 4.69) is 20.3 Å². The van der Waals surface area contributed by atoms with E-state index in [-0.39, 0.29) is 12.3 Å². The highest BCUT2D eigenvalue weighted by Crippen LogP contribution is 2.22. The van der Waals surface area contributed by atoms with Crippen LogP contribution in [0.2, 0.25) is 0 Å². The highest BCUT2D eigenvalue weighted by atomic mass is 32.1. The minimum Gasteiger partial charge on any atom is -0.390 e. The van der Waals surface area contributed by atoms with Gasteiger partial charge >= 0.3 is 0 Å². The average Bonchev–Trinajstić information content (AvgIpc) is 3.14. The number of aryl methyl sites for hydroxylation is 1. The number of hydrogen-bond donors (Lipinski definition) is 2. The molecule has 8 nitrogen and oxygen atoms in total. The van der Waals surface area contributed by atoms with Crippen molar-refractivity contribution in [1.29, 1.82) is 0 Å². The van der Waals surface area contributed by atoms with Crippen LogP contribution in [-0.2, 0) is 19.6 Å². The third-order valence-electron chi connectivity index (χ3n) is 3.66. The third-order valence-corrected chi connectivity index (χ3v) is 4.56. The zero-order valence-electron chi connectivity index (χ0n) is 14.0. The first-order chi connectivity index (χ1) is 12.6. The maximum atomic E-state index is 10.8. The van der Waals surface area contributed by atoms with Crippen LogP contribution in [-0.4, -0.2) is 25.0 Å². The van der Waals surface area contributed by atoms with Gasteiger partial charge in [-0.25, -0.2) is 15.0 Å². The van der Waals surface area contributed by atoms with Crippen LogP contribution in [0.3, 0.4) is 0 Å². The van der Waals surface area contributed by atoms with Crippen molar-refractivity contribution in [3.8, 4) is 11.4 Å². The summed E-state index contributed by atoms with van der Waals surface area (Å²) in [6.07, 6.45) is 0.739. The van der Waals surface area contributed by atoms with Crippen molar-refractivity contribution in [1.82, 2.24) is 15.0 Å². The van der Waals surface area contributed by atoms with E-state index in [1.54, 1.807) is 12.1 Å². The summed E-state index contributed by atoms with van der Waals surface area (Å²) in [6.45, 7) is 2.42. The number of aliphatic hydroxyl groups excluding tert-OH is 1. The minimum atomic E-state index is -0.436. The van der Waals surface area contributed by atoms with E-state index in [0.29, 0.717) is 29.4 Å². The number of nitrogens with zero attached hydrogens (tertiary/aromatic N) is 4. The first-order valence-electron chi connectivity index (χ1n) is 8.00. The number of non-ortho nitro benzene ring substituents is 1. The molecule has 0 saturated carbocycles. The molecular formula is C17H17N5O3S. The van der Waals surface area contributed by atoms with Gasteiger partial charge in [-0.2, -0.15) is 0 Å². The summed E-state index contributed by atoms with van der Waals surface area (Å²) in [4.78, 5) is 23.7. The molecule has 0 radical (unpaired) electrons. The molecule has 0 atom stereocenters.